The summed E-state index contributed by atoms with van der Waals surface area (Å²) in [5, 5.41) is 2.78. The number of rotatable bonds is 9. The molecule has 3 amide bonds. The van der Waals surface area contributed by atoms with Crippen molar-refractivity contribution in [1.29, 1.82) is 0 Å². The largest absolute Gasteiger partial charge is 0.493 e. The van der Waals surface area contributed by atoms with Crippen LogP contribution in [0.5, 0.6) is 5.75 Å². The highest BCUT2D eigenvalue weighted by molar-refractivity contribution is 6.04. The first kappa shape index (κ1) is 26.5. The van der Waals surface area contributed by atoms with Crippen LogP contribution in [0.3, 0.4) is 0 Å². The zero-order valence-electron chi connectivity index (χ0n) is 21.2. The lowest BCUT2D eigenvalue weighted by Crippen LogP contribution is -2.47. The summed E-state index contributed by atoms with van der Waals surface area (Å²) in [5.74, 6) is -0.107. The van der Waals surface area contributed by atoms with Crippen molar-refractivity contribution in [3.63, 3.8) is 0 Å². The molecule has 0 saturated carbocycles. The van der Waals surface area contributed by atoms with Crippen molar-refractivity contribution in [3.05, 3.63) is 95.1 Å². The Balaban J connectivity index is 1.43. The van der Waals surface area contributed by atoms with Crippen LogP contribution in [0.4, 0.5) is 5.69 Å². The van der Waals surface area contributed by atoms with Crippen LogP contribution in [0.1, 0.15) is 58.5 Å². The maximum absolute atomic E-state index is 12.7. The van der Waals surface area contributed by atoms with Crippen LogP contribution in [0.15, 0.2) is 72.8 Å². The number of anilines is 1. The monoisotopic (exact) mass is 487 g/mol. The highest BCUT2D eigenvalue weighted by Crippen LogP contribution is 2.24. The van der Waals surface area contributed by atoms with E-state index in [1.54, 1.807) is 48.5 Å². The Morgan fingerprint density at radius 2 is 1.47 bits per heavy atom. The summed E-state index contributed by atoms with van der Waals surface area (Å²) < 4.78 is 5.88. The molecule has 0 spiro atoms. The van der Waals surface area contributed by atoms with Gasteiger partial charge in [0.25, 0.3) is 11.8 Å². The van der Waals surface area contributed by atoms with E-state index in [-0.39, 0.29) is 11.8 Å². The van der Waals surface area contributed by atoms with Gasteiger partial charge in [0.15, 0.2) is 0 Å². The number of hydrazine groups is 1. The van der Waals surface area contributed by atoms with Crippen molar-refractivity contribution >= 4 is 23.4 Å². The minimum absolute atomic E-state index is 0.235. The number of benzene rings is 3. The fourth-order valence-electron chi connectivity index (χ4n) is 3.53. The smallest absolute Gasteiger partial charge is 0.269 e. The van der Waals surface area contributed by atoms with E-state index in [4.69, 9.17) is 4.74 Å². The number of aryl methyl sites for hydroxylation is 2. The fourth-order valence-corrected chi connectivity index (χ4v) is 3.53. The zero-order valence-corrected chi connectivity index (χ0v) is 21.2. The van der Waals surface area contributed by atoms with Crippen LogP contribution >= 0.6 is 0 Å². The quantitative estimate of drug-likeness (QED) is 0.285. The molecule has 0 heterocycles. The first-order valence-corrected chi connectivity index (χ1v) is 11.9. The van der Waals surface area contributed by atoms with Crippen LogP contribution in [-0.4, -0.2) is 24.3 Å². The van der Waals surface area contributed by atoms with Gasteiger partial charge in [-0.3, -0.25) is 25.2 Å². The van der Waals surface area contributed by atoms with Crippen LogP contribution in [-0.2, 0) is 4.79 Å². The highest BCUT2D eigenvalue weighted by Gasteiger charge is 2.27. The molecule has 0 fully saturated rings. The molecular weight excluding hydrogens is 454 g/mol. The number of carbonyl (C=O) groups excluding carboxylic acids is 3. The van der Waals surface area contributed by atoms with Crippen molar-refractivity contribution in [2.24, 2.45) is 5.41 Å². The molecule has 0 saturated heterocycles. The highest BCUT2D eigenvalue weighted by atomic mass is 16.5. The van der Waals surface area contributed by atoms with Gasteiger partial charge in [0, 0.05) is 22.2 Å². The average Bonchev–Trinajstić information content (AvgIpc) is 2.87. The third kappa shape index (κ3) is 7.43. The summed E-state index contributed by atoms with van der Waals surface area (Å²) in [6.45, 7) is 8.18. The molecule has 0 aliphatic heterocycles. The summed E-state index contributed by atoms with van der Waals surface area (Å²) in [6, 6.07) is 21.4. The van der Waals surface area contributed by atoms with Gasteiger partial charge in [0.1, 0.15) is 5.75 Å². The van der Waals surface area contributed by atoms with E-state index in [9.17, 15) is 14.4 Å². The maximum Gasteiger partial charge on any atom is 0.269 e. The lowest BCUT2D eigenvalue weighted by molar-refractivity contribution is -0.130. The summed E-state index contributed by atoms with van der Waals surface area (Å²) in [6.07, 6.45) is 1.29. The Hall–Kier alpha value is -4.13. The zero-order chi connectivity index (χ0) is 26.1. The van der Waals surface area contributed by atoms with E-state index in [0.29, 0.717) is 36.3 Å². The second-order valence-electron chi connectivity index (χ2n) is 9.41. The Morgan fingerprint density at radius 1 is 0.806 bits per heavy atom. The lowest BCUT2D eigenvalue weighted by Gasteiger charge is -2.23. The molecule has 36 heavy (non-hydrogen) atoms. The topological polar surface area (TPSA) is 96.5 Å². The molecule has 0 atom stereocenters. The fraction of sp³-hybridized carbons (Fsp3) is 0.276. The Kier molecular flexibility index (Phi) is 8.84. The van der Waals surface area contributed by atoms with Gasteiger partial charge in [-0.05, 0) is 80.3 Å². The molecule has 0 unspecified atom stereocenters. The number of nitrogens with one attached hydrogen (secondary N) is 3. The standard InChI is InChI=1S/C29H33N3O4/c1-20-11-12-21(2)25(19-20)36-18-8-17-29(3,4)28(35)32-31-27(34)23-13-15-24(16-14-23)30-26(33)22-9-6-5-7-10-22/h5-7,9-16,19H,8,17-18H2,1-4H3,(H,30,33)(H,31,34)(H,32,35). The van der Waals surface area contributed by atoms with Crippen LogP contribution in [0, 0.1) is 19.3 Å². The lowest BCUT2D eigenvalue weighted by atomic mass is 9.87. The van der Waals surface area contributed by atoms with Crippen molar-refractivity contribution in [2.45, 2.75) is 40.5 Å². The third-order valence-electron chi connectivity index (χ3n) is 5.89. The van der Waals surface area contributed by atoms with Crippen LogP contribution in [0.25, 0.3) is 0 Å². The molecular formula is C29H33N3O4. The molecule has 188 valence electrons. The van der Waals surface area contributed by atoms with E-state index in [0.717, 1.165) is 16.9 Å². The van der Waals surface area contributed by atoms with Gasteiger partial charge < -0.3 is 10.1 Å². The predicted molar refractivity (Wildman–Crippen MR) is 141 cm³/mol. The number of hydrogen-bond donors (Lipinski definition) is 3. The van der Waals surface area contributed by atoms with Crippen LogP contribution < -0.4 is 20.9 Å². The molecule has 3 N–H and O–H groups in total. The summed E-state index contributed by atoms with van der Waals surface area (Å²) in [7, 11) is 0. The SMILES string of the molecule is Cc1ccc(C)c(OCCCC(C)(C)C(=O)NNC(=O)c2ccc(NC(=O)c3ccccc3)cc2)c1. The predicted octanol–water partition coefficient (Wildman–Crippen LogP) is 5.20. The summed E-state index contributed by atoms with van der Waals surface area (Å²) in [4.78, 5) is 37.4. The Labute approximate surface area is 212 Å². The van der Waals surface area contributed by atoms with E-state index in [1.165, 1.54) is 0 Å². The minimum atomic E-state index is -0.691. The molecule has 0 aliphatic rings. The van der Waals surface area contributed by atoms with Gasteiger partial charge in [-0.25, -0.2) is 0 Å². The van der Waals surface area contributed by atoms with Gasteiger partial charge in [-0.2, -0.15) is 0 Å². The van der Waals surface area contributed by atoms with Crippen molar-refractivity contribution < 1.29 is 19.1 Å². The van der Waals surface area contributed by atoms with Crippen molar-refractivity contribution in [1.82, 2.24) is 10.9 Å². The van der Waals surface area contributed by atoms with Gasteiger partial charge in [-0.15, -0.1) is 0 Å². The Morgan fingerprint density at radius 3 is 2.17 bits per heavy atom. The number of ether oxygens (including phenoxy) is 1. The van der Waals surface area contributed by atoms with E-state index in [2.05, 4.69) is 16.2 Å². The second kappa shape index (κ2) is 12.0. The Bertz CT molecular complexity index is 1200. The molecule has 3 aromatic rings. The van der Waals surface area contributed by atoms with Gasteiger partial charge in [-0.1, -0.05) is 44.2 Å². The van der Waals surface area contributed by atoms with Gasteiger partial charge >= 0.3 is 0 Å². The minimum Gasteiger partial charge on any atom is -0.493 e. The van der Waals surface area contributed by atoms with E-state index in [1.807, 2.05) is 52.0 Å². The van der Waals surface area contributed by atoms with E-state index < -0.39 is 11.3 Å². The average molecular weight is 488 g/mol. The van der Waals surface area contributed by atoms with Crippen LogP contribution in [0.2, 0.25) is 0 Å². The molecule has 0 aliphatic carbocycles. The molecule has 7 nitrogen and oxygen atoms in total. The summed E-state index contributed by atoms with van der Waals surface area (Å²) in [5.41, 5.74) is 7.96. The third-order valence-corrected chi connectivity index (χ3v) is 5.89. The normalized spacial score (nSPS) is 10.9. The number of hydrogen-bond acceptors (Lipinski definition) is 4. The molecule has 0 aromatic heterocycles. The molecule has 0 radical (unpaired) electrons. The van der Waals surface area contributed by atoms with E-state index >= 15 is 0 Å². The van der Waals surface area contributed by atoms with Gasteiger partial charge in [0.2, 0.25) is 5.91 Å². The first-order chi connectivity index (χ1) is 17.2. The molecule has 3 rings (SSSR count). The maximum atomic E-state index is 12.7. The number of amides is 3. The first-order valence-electron chi connectivity index (χ1n) is 11.9. The molecule has 0 bridgehead atoms. The number of carbonyl (C=O) groups is 3. The van der Waals surface area contributed by atoms with Crippen molar-refractivity contribution in [3.8, 4) is 5.75 Å². The van der Waals surface area contributed by atoms with Gasteiger partial charge in [0.05, 0.1) is 6.61 Å². The molecule has 3 aromatic carbocycles. The van der Waals surface area contributed by atoms with Crippen molar-refractivity contribution in [2.75, 3.05) is 11.9 Å². The second-order valence-corrected chi connectivity index (χ2v) is 9.41. The summed E-state index contributed by atoms with van der Waals surface area (Å²) >= 11 is 0. The molecule has 7 heteroatoms.